The summed E-state index contributed by atoms with van der Waals surface area (Å²) < 4.78 is 34.0. The molecule has 5 atom stereocenters. The van der Waals surface area contributed by atoms with Crippen LogP contribution >= 0.6 is 11.8 Å². The highest BCUT2D eigenvalue weighted by Crippen LogP contribution is 2.39. The van der Waals surface area contributed by atoms with E-state index in [4.69, 9.17) is 14.2 Å². The van der Waals surface area contributed by atoms with Crippen molar-refractivity contribution in [3.63, 3.8) is 0 Å². The van der Waals surface area contributed by atoms with Gasteiger partial charge in [0.05, 0.1) is 19.8 Å². The number of alkyl halides is 1. The van der Waals surface area contributed by atoms with Crippen molar-refractivity contribution in [2.24, 2.45) is 5.92 Å². The van der Waals surface area contributed by atoms with E-state index in [0.29, 0.717) is 13.2 Å². The lowest BCUT2D eigenvalue weighted by molar-refractivity contribution is -0.191. The Hall–Kier alpha value is -2.18. The van der Waals surface area contributed by atoms with Crippen LogP contribution in [0.2, 0.25) is 0 Å². The van der Waals surface area contributed by atoms with Gasteiger partial charge in [-0.2, -0.15) is 0 Å². The maximum Gasteiger partial charge on any atom is 0.135 e. The Morgan fingerprint density at radius 1 is 0.812 bits per heavy atom. The molecule has 3 aromatic carbocycles. The molecular formula is C27H29FO3S. The minimum atomic E-state index is -1.15. The summed E-state index contributed by atoms with van der Waals surface area (Å²) in [6.45, 7) is 2.96. The van der Waals surface area contributed by atoms with E-state index in [0.717, 1.165) is 16.0 Å². The fraction of sp³-hybridized carbons (Fsp3) is 0.333. The molecule has 1 heterocycles. The largest absolute Gasteiger partial charge is 0.374 e. The fourth-order valence-electron chi connectivity index (χ4n) is 3.76. The number of hydrogen-bond acceptors (Lipinski definition) is 4. The van der Waals surface area contributed by atoms with Gasteiger partial charge in [0.2, 0.25) is 0 Å². The highest BCUT2D eigenvalue weighted by molar-refractivity contribution is 7.99. The minimum absolute atomic E-state index is 0.271. The first-order chi connectivity index (χ1) is 15.7. The molecule has 5 heteroatoms. The van der Waals surface area contributed by atoms with Crippen LogP contribution in [0.25, 0.3) is 0 Å². The molecule has 0 saturated carbocycles. The van der Waals surface area contributed by atoms with Crippen LogP contribution in [-0.2, 0) is 27.4 Å². The minimum Gasteiger partial charge on any atom is -0.374 e. The van der Waals surface area contributed by atoms with E-state index in [2.05, 4.69) is 0 Å². The highest BCUT2D eigenvalue weighted by Gasteiger charge is 2.45. The third-order valence-electron chi connectivity index (χ3n) is 5.60. The van der Waals surface area contributed by atoms with Crippen molar-refractivity contribution in [3.05, 3.63) is 102 Å². The van der Waals surface area contributed by atoms with Crippen LogP contribution in [0, 0.1) is 5.92 Å². The molecule has 0 amide bonds. The van der Waals surface area contributed by atoms with Crippen LogP contribution in [0.4, 0.5) is 4.39 Å². The van der Waals surface area contributed by atoms with E-state index in [1.54, 1.807) is 11.8 Å². The second kappa shape index (κ2) is 11.6. The van der Waals surface area contributed by atoms with Crippen molar-refractivity contribution in [2.45, 2.75) is 48.8 Å². The zero-order valence-corrected chi connectivity index (χ0v) is 19.0. The summed E-state index contributed by atoms with van der Waals surface area (Å²) in [6, 6.07) is 29.8. The Morgan fingerprint density at radius 2 is 1.38 bits per heavy atom. The quantitative estimate of drug-likeness (QED) is 0.382. The molecule has 1 aliphatic heterocycles. The zero-order valence-electron chi connectivity index (χ0n) is 18.2. The molecule has 4 rings (SSSR count). The Bertz CT molecular complexity index is 925. The van der Waals surface area contributed by atoms with Gasteiger partial charge in [0.25, 0.3) is 0 Å². The Balaban J connectivity index is 1.44. The molecule has 0 N–H and O–H groups in total. The molecule has 0 spiro atoms. The lowest BCUT2D eigenvalue weighted by Gasteiger charge is -2.42. The van der Waals surface area contributed by atoms with E-state index >= 15 is 4.39 Å². The van der Waals surface area contributed by atoms with Crippen molar-refractivity contribution >= 4 is 11.8 Å². The van der Waals surface area contributed by atoms with Gasteiger partial charge in [-0.1, -0.05) is 97.5 Å². The number of ether oxygens (including phenoxy) is 3. The number of halogens is 1. The average molecular weight is 453 g/mol. The smallest absolute Gasteiger partial charge is 0.135 e. The van der Waals surface area contributed by atoms with Crippen LogP contribution in [0.15, 0.2) is 95.9 Å². The van der Waals surface area contributed by atoms with Crippen molar-refractivity contribution in [1.82, 2.24) is 0 Å². The summed E-state index contributed by atoms with van der Waals surface area (Å²) in [4.78, 5) is 1.06. The molecule has 3 nitrogen and oxygen atoms in total. The van der Waals surface area contributed by atoms with Crippen LogP contribution < -0.4 is 0 Å². The van der Waals surface area contributed by atoms with Crippen molar-refractivity contribution in [2.75, 3.05) is 6.61 Å². The molecule has 168 valence electrons. The molecule has 32 heavy (non-hydrogen) atoms. The molecular weight excluding hydrogens is 423 g/mol. The van der Waals surface area contributed by atoms with Crippen LogP contribution in [0.1, 0.15) is 18.1 Å². The van der Waals surface area contributed by atoms with Crippen LogP contribution in [0.5, 0.6) is 0 Å². The SMILES string of the molecule is CC1C(F)[C@@H](OCc2ccccc2)C(COCc2ccccc2)O[C@H]1Sc1ccccc1. The average Bonchev–Trinajstić information content (AvgIpc) is 2.84. The van der Waals surface area contributed by atoms with E-state index in [-0.39, 0.29) is 18.0 Å². The van der Waals surface area contributed by atoms with Gasteiger partial charge in [-0.15, -0.1) is 0 Å². The second-order valence-electron chi connectivity index (χ2n) is 8.04. The first-order valence-corrected chi connectivity index (χ1v) is 11.9. The highest BCUT2D eigenvalue weighted by atomic mass is 32.2. The van der Waals surface area contributed by atoms with E-state index < -0.39 is 18.4 Å². The molecule has 1 aliphatic rings. The van der Waals surface area contributed by atoms with Gasteiger partial charge in [0.1, 0.15) is 23.8 Å². The molecule has 1 saturated heterocycles. The lowest BCUT2D eigenvalue weighted by atomic mass is 9.94. The Morgan fingerprint density at radius 3 is 2.00 bits per heavy atom. The summed E-state index contributed by atoms with van der Waals surface area (Å²) in [6.07, 6.45) is -2.33. The number of benzene rings is 3. The summed E-state index contributed by atoms with van der Waals surface area (Å²) in [5.41, 5.74) is 1.77. The van der Waals surface area contributed by atoms with E-state index in [1.165, 1.54) is 0 Å². The van der Waals surface area contributed by atoms with Gasteiger partial charge in [-0.25, -0.2) is 4.39 Å². The van der Waals surface area contributed by atoms with Crippen LogP contribution in [0.3, 0.4) is 0 Å². The fourth-order valence-corrected chi connectivity index (χ4v) is 4.91. The topological polar surface area (TPSA) is 27.7 Å². The first-order valence-electron chi connectivity index (χ1n) is 11.0. The third-order valence-corrected chi connectivity index (χ3v) is 6.91. The molecule has 0 aromatic heterocycles. The van der Waals surface area contributed by atoms with Gasteiger partial charge < -0.3 is 14.2 Å². The Labute approximate surface area is 193 Å². The maximum absolute atomic E-state index is 15.6. The van der Waals surface area contributed by atoms with Gasteiger partial charge in [0, 0.05) is 10.8 Å². The molecule has 3 unspecified atom stereocenters. The monoisotopic (exact) mass is 452 g/mol. The number of rotatable bonds is 9. The van der Waals surface area contributed by atoms with Crippen molar-refractivity contribution in [3.8, 4) is 0 Å². The van der Waals surface area contributed by atoms with Gasteiger partial charge in [-0.05, 0) is 23.3 Å². The summed E-state index contributed by atoms with van der Waals surface area (Å²) in [5, 5.41) is 0. The lowest BCUT2D eigenvalue weighted by Crippen LogP contribution is -2.53. The summed E-state index contributed by atoms with van der Waals surface area (Å²) in [7, 11) is 0. The van der Waals surface area contributed by atoms with Gasteiger partial charge >= 0.3 is 0 Å². The Kier molecular flexibility index (Phi) is 8.35. The third kappa shape index (κ3) is 6.20. The molecule has 0 aliphatic carbocycles. The predicted molar refractivity (Wildman–Crippen MR) is 126 cm³/mol. The molecule has 0 radical (unpaired) electrons. The second-order valence-corrected chi connectivity index (χ2v) is 9.21. The first kappa shape index (κ1) is 23.0. The van der Waals surface area contributed by atoms with E-state index in [1.807, 2.05) is 97.9 Å². The summed E-state index contributed by atoms with van der Waals surface area (Å²) >= 11 is 1.55. The maximum atomic E-state index is 15.6. The number of thioether (sulfide) groups is 1. The van der Waals surface area contributed by atoms with Crippen LogP contribution in [-0.4, -0.2) is 30.4 Å². The molecule has 1 fully saturated rings. The standard InChI is InChI=1S/C27H29FO3S/c1-20-25(28)26(30-18-22-13-7-3-8-14-22)24(19-29-17-21-11-5-2-6-12-21)31-27(20)32-23-15-9-4-10-16-23/h2-16,20,24-27H,17-19H2,1H3/t20?,24?,25?,26-,27-/m0/s1. The van der Waals surface area contributed by atoms with Gasteiger partial charge in [-0.3, -0.25) is 0 Å². The summed E-state index contributed by atoms with van der Waals surface area (Å²) in [5.74, 6) is -0.314. The normalized spacial score (nSPS) is 25.5. The molecule has 0 bridgehead atoms. The van der Waals surface area contributed by atoms with Gasteiger partial charge in [0.15, 0.2) is 0 Å². The van der Waals surface area contributed by atoms with Crippen molar-refractivity contribution < 1.29 is 18.6 Å². The predicted octanol–water partition coefficient (Wildman–Crippen LogP) is 6.28. The van der Waals surface area contributed by atoms with Crippen molar-refractivity contribution in [1.29, 1.82) is 0 Å². The number of hydrogen-bond donors (Lipinski definition) is 0. The zero-order chi connectivity index (χ0) is 22.2. The van der Waals surface area contributed by atoms with E-state index in [9.17, 15) is 0 Å². The molecule has 3 aromatic rings.